The van der Waals surface area contributed by atoms with Crippen molar-refractivity contribution in [3.63, 3.8) is 0 Å². The van der Waals surface area contributed by atoms with Gasteiger partial charge in [-0.25, -0.2) is 0 Å². The van der Waals surface area contributed by atoms with Gasteiger partial charge in [-0.05, 0) is 62.8 Å². The summed E-state index contributed by atoms with van der Waals surface area (Å²) in [6.45, 7) is 0. The molecule has 2 saturated carbocycles. The SMILES string of the molecule is COC(=O)C1C2CC[C@H](C[C@@H]1C1CCC(CCCC3CCCCC3)CC1)N2C. The highest BCUT2D eigenvalue weighted by Gasteiger charge is 2.51. The highest BCUT2D eigenvalue weighted by molar-refractivity contribution is 5.74. The summed E-state index contributed by atoms with van der Waals surface area (Å²) in [4.78, 5) is 15.2. The van der Waals surface area contributed by atoms with Crippen molar-refractivity contribution in [2.45, 2.75) is 108 Å². The van der Waals surface area contributed by atoms with Gasteiger partial charge in [0.15, 0.2) is 0 Å². The van der Waals surface area contributed by atoms with E-state index in [1.54, 1.807) is 7.11 Å². The van der Waals surface area contributed by atoms with Crippen LogP contribution >= 0.6 is 0 Å². The molecule has 160 valence electrons. The first-order chi connectivity index (χ1) is 13.7. The molecule has 3 heteroatoms. The van der Waals surface area contributed by atoms with Crippen LogP contribution in [0.3, 0.4) is 0 Å². The van der Waals surface area contributed by atoms with E-state index in [2.05, 4.69) is 11.9 Å². The molecular formula is C25H43NO2. The van der Waals surface area contributed by atoms with Crippen molar-refractivity contribution in [2.75, 3.05) is 14.2 Å². The van der Waals surface area contributed by atoms with Crippen LogP contribution in [0.15, 0.2) is 0 Å². The van der Waals surface area contributed by atoms with Crippen LogP contribution < -0.4 is 0 Å². The fraction of sp³-hybridized carbons (Fsp3) is 0.960. The Labute approximate surface area is 173 Å². The summed E-state index contributed by atoms with van der Waals surface area (Å²) >= 11 is 0. The number of piperidine rings is 1. The maximum atomic E-state index is 12.7. The standard InChI is InChI=1S/C25H43NO2/c1-26-21-15-16-23(26)24(25(27)28-2)22(17-21)20-13-11-19(12-14-20)10-6-9-18-7-4-3-5-8-18/h18-24H,3-17H2,1-2H3/t19?,20?,21-,22-,23?,24?/m1/s1. The summed E-state index contributed by atoms with van der Waals surface area (Å²) in [7, 11) is 3.82. The van der Waals surface area contributed by atoms with Crippen LogP contribution in [0, 0.1) is 29.6 Å². The Morgan fingerprint density at radius 2 is 1.57 bits per heavy atom. The Balaban J connectivity index is 1.26. The van der Waals surface area contributed by atoms with E-state index >= 15 is 0 Å². The number of esters is 1. The zero-order valence-corrected chi connectivity index (χ0v) is 18.4. The Morgan fingerprint density at radius 1 is 0.893 bits per heavy atom. The van der Waals surface area contributed by atoms with Gasteiger partial charge in [-0.1, -0.05) is 64.2 Å². The van der Waals surface area contributed by atoms with Crippen molar-refractivity contribution in [1.82, 2.24) is 4.90 Å². The summed E-state index contributed by atoms with van der Waals surface area (Å²) in [6.07, 6.45) is 21.1. The zero-order chi connectivity index (χ0) is 19.5. The van der Waals surface area contributed by atoms with Crippen LogP contribution in [0.1, 0.15) is 96.3 Å². The van der Waals surface area contributed by atoms with Gasteiger partial charge in [0.2, 0.25) is 0 Å². The van der Waals surface area contributed by atoms with Crippen LogP contribution in [0.4, 0.5) is 0 Å². The summed E-state index contributed by atoms with van der Waals surface area (Å²) in [6, 6.07) is 1.15. The van der Waals surface area contributed by atoms with E-state index in [4.69, 9.17) is 4.74 Å². The van der Waals surface area contributed by atoms with Gasteiger partial charge in [0.25, 0.3) is 0 Å². The van der Waals surface area contributed by atoms with E-state index in [1.165, 1.54) is 96.3 Å². The molecule has 4 atom stereocenters. The minimum atomic E-state index is 0.0665. The lowest BCUT2D eigenvalue weighted by Gasteiger charge is -2.46. The number of rotatable bonds is 6. The molecule has 2 unspecified atom stereocenters. The topological polar surface area (TPSA) is 29.5 Å². The average molecular weight is 390 g/mol. The van der Waals surface area contributed by atoms with Crippen molar-refractivity contribution in [1.29, 1.82) is 0 Å². The number of carbonyl (C=O) groups excluding carboxylic acids is 1. The summed E-state index contributed by atoms with van der Waals surface area (Å²) < 4.78 is 5.28. The van der Waals surface area contributed by atoms with Gasteiger partial charge < -0.3 is 4.74 Å². The Bertz CT molecular complexity index is 507. The van der Waals surface area contributed by atoms with Crippen molar-refractivity contribution in [3.8, 4) is 0 Å². The van der Waals surface area contributed by atoms with Gasteiger partial charge >= 0.3 is 5.97 Å². The number of hydrogen-bond donors (Lipinski definition) is 0. The van der Waals surface area contributed by atoms with Crippen LogP contribution in [0.5, 0.6) is 0 Å². The van der Waals surface area contributed by atoms with Gasteiger partial charge in [0.05, 0.1) is 13.0 Å². The van der Waals surface area contributed by atoms with Crippen molar-refractivity contribution in [2.24, 2.45) is 29.6 Å². The fourth-order valence-corrected chi connectivity index (χ4v) is 7.53. The third kappa shape index (κ3) is 4.45. The van der Waals surface area contributed by atoms with Crippen LogP contribution in [-0.2, 0) is 9.53 Å². The maximum absolute atomic E-state index is 12.7. The number of hydrogen-bond acceptors (Lipinski definition) is 3. The number of ether oxygens (including phenoxy) is 1. The second-order valence-corrected chi connectivity index (χ2v) is 10.6. The molecule has 0 N–H and O–H groups in total. The van der Waals surface area contributed by atoms with Crippen LogP contribution in [0.2, 0.25) is 0 Å². The quantitative estimate of drug-likeness (QED) is 0.536. The fourth-order valence-electron chi connectivity index (χ4n) is 7.53. The van der Waals surface area contributed by atoms with Crippen molar-refractivity contribution >= 4 is 5.97 Å². The zero-order valence-electron chi connectivity index (χ0n) is 18.4. The largest absolute Gasteiger partial charge is 0.469 e. The molecule has 28 heavy (non-hydrogen) atoms. The third-order valence-corrected chi connectivity index (χ3v) is 9.23. The molecule has 2 saturated heterocycles. The number of methoxy groups -OCH3 is 1. The van der Waals surface area contributed by atoms with E-state index in [-0.39, 0.29) is 11.9 Å². The Kier molecular flexibility index (Phi) is 7.02. The van der Waals surface area contributed by atoms with Gasteiger partial charge in [-0.2, -0.15) is 0 Å². The molecule has 0 spiro atoms. The first-order valence-electron chi connectivity index (χ1n) is 12.5. The highest BCUT2D eigenvalue weighted by atomic mass is 16.5. The van der Waals surface area contributed by atoms with Crippen LogP contribution in [0.25, 0.3) is 0 Å². The lowest BCUT2D eigenvalue weighted by atomic mass is 9.66. The highest BCUT2D eigenvalue weighted by Crippen LogP contribution is 2.49. The molecule has 0 aromatic carbocycles. The average Bonchev–Trinajstić information content (AvgIpc) is 2.97. The lowest BCUT2D eigenvalue weighted by molar-refractivity contribution is -0.154. The predicted molar refractivity (Wildman–Crippen MR) is 114 cm³/mol. The van der Waals surface area contributed by atoms with Gasteiger partial charge in [-0.3, -0.25) is 9.69 Å². The van der Waals surface area contributed by atoms with Gasteiger partial charge in [0, 0.05) is 12.1 Å². The lowest BCUT2D eigenvalue weighted by Crippen LogP contribution is -2.52. The molecule has 0 aromatic heterocycles. The molecule has 4 fully saturated rings. The minimum Gasteiger partial charge on any atom is -0.469 e. The molecule has 0 aromatic rings. The maximum Gasteiger partial charge on any atom is 0.310 e. The van der Waals surface area contributed by atoms with Crippen molar-refractivity contribution < 1.29 is 9.53 Å². The summed E-state index contributed by atoms with van der Waals surface area (Å²) in [5, 5.41) is 0. The van der Waals surface area contributed by atoms with E-state index in [9.17, 15) is 4.79 Å². The Morgan fingerprint density at radius 3 is 2.25 bits per heavy atom. The van der Waals surface area contributed by atoms with E-state index in [1.807, 2.05) is 0 Å². The first-order valence-corrected chi connectivity index (χ1v) is 12.5. The molecule has 4 rings (SSSR count). The van der Waals surface area contributed by atoms with Crippen molar-refractivity contribution in [3.05, 3.63) is 0 Å². The monoisotopic (exact) mass is 389 g/mol. The first kappa shape index (κ1) is 20.7. The minimum absolute atomic E-state index is 0.0665. The molecule has 2 bridgehead atoms. The number of carbonyl (C=O) groups is 1. The van der Waals surface area contributed by atoms with E-state index in [0.717, 1.165) is 17.8 Å². The molecule has 0 radical (unpaired) electrons. The second-order valence-electron chi connectivity index (χ2n) is 10.6. The van der Waals surface area contributed by atoms with E-state index < -0.39 is 0 Å². The molecule has 2 aliphatic heterocycles. The molecular weight excluding hydrogens is 346 g/mol. The summed E-state index contributed by atoms with van der Waals surface area (Å²) in [5.41, 5.74) is 0. The Hall–Kier alpha value is -0.570. The second kappa shape index (κ2) is 9.49. The molecule has 3 nitrogen and oxygen atoms in total. The third-order valence-electron chi connectivity index (χ3n) is 9.23. The molecule has 4 aliphatic rings. The van der Waals surface area contributed by atoms with Gasteiger partial charge in [0.1, 0.15) is 0 Å². The molecule has 2 heterocycles. The van der Waals surface area contributed by atoms with Crippen LogP contribution in [-0.4, -0.2) is 37.1 Å². The number of fused-ring (bicyclic) bond motifs is 2. The predicted octanol–water partition coefficient (Wildman–Crippen LogP) is 5.82. The summed E-state index contributed by atoms with van der Waals surface area (Å²) in [5.74, 6) is 3.53. The smallest absolute Gasteiger partial charge is 0.310 e. The molecule has 2 aliphatic carbocycles. The number of nitrogens with zero attached hydrogens (tertiary/aromatic N) is 1. The van der Waals surface area contributed by atoms with E-state index in [0.29, 0.717) is 18.0 Å². The molecule has 0 amide bonds. The normalized spacial score (nSPS) is 39.8. The van der Waals surface area contributed by atoms with Gasteiger partial charge in [-0.15, -0.1) is 0 Å².